The topological polar surface area (TPSA) is 72.8 Å². The first-order valence-corrected chi connectivity index (χ1v) is 12.7. The number of thioether (sulfide) groups is 2. The van der Waals surface area contributed by atoms with Gasteiger partial charge in [0.25, 0.3) is 0 Å². The Bertz CT molecular complexity index is 1030. The van der Waals surface area contributed by atoms with Crippen LogP contribution in [0.15, 0.2) is 46.7 Å². The zero-order valence-corrected chi connectivity index (χ0v) is 21.3. The number of phenols is 1. The number of allylic oxidation sites excluding steroid dienone is 2. The molecule has 0 aromatic heterocycles. The fraction of sp³-hybridized carbons (Fsp3) is 0.308. The maximum Gasteiger partial charge on any atom is 0.188 e. The monoisotopic (exact) mass is 486 g/mol. The molecule has 0 amide bonds. The van der Waals surface area contributed by atoms with Crippen molar-refractivity contribution in [3.63, 3.8) is 0 Å². The van der Waals surface area contributed by atoms with Crippen molar-refractivity contribution in [1.29, 1.82) is 0 Å². The number of phenolic OH excluding ortho intramolecular Hbond substituents is 1. The molecule has 7 heteroatoms. The summed E-state index contributed by atoms with van der Waals surface area (Å²) in [5.74, 6) is 1.89. The summed E-state index contributed by atoms with van der Waals surface area (Å²) in [6, 6.07) is 10.5. The molecule has 0 aliphatic carbocycles. The van der Waals surface area contributed by atoms with Crippen LogP contribution in [0.1, 0.15) is 49.2 Å². The summed E-state index contributed by atoms with van der Waals surface area (Å²) >= 11 is 3.15. The second-order valence-corrected chi connectivity index (χ2v) is 9.66. The van der Waals surface area contributed by atoms with Gasteiger partial charge in [-0.25, -0.2) is 0 Å². The Morgan fingerprint density at radius 1 is 1.03 bits per heavy atom. The lowest BCUT2D eigenvalue weighted by molar-refractivity contribution is -0.109. The van der Waals surface area contributed by atoms with E-state index in [1.165, 1.54) is 19.1 Å². The smallest absolute Gasteiger partial charge is 0.188 e. The van der Waals surface area contributed by atoms with Crippen molar-refractivity contribution < 1.29 is 24.2 Å². The van der Waals surface area contributed by atoms with Crippen LogP contribution in [0.25, 0.3) is 11.6 Å². The zero-order valence-electron chi connectivity index (χ0n) is 19.6. The molecular weight excluding hydrogens is 456 g/mol. The van der Waals surface area contributed by atoms with Crippen molar-refractivity contribution in [3.05, 3.63) is 63.4 Å². The molecule has 0 aliphatic rings. The van der Waals surface area contributed by atoms with Crippen LogP contribution in [0.3, 0.4) is 0 Å². The lowest BCUT2D eigenvalue weighted by atomic mass is 9.98. The molecule has 0 fully saturated rings. The van der Waals surface area contributed by atoms with Gasteiger partial charge in [0, 0.05) is 5.57 Å². The van der Waals surface area contributed by atoms with E-state index in [0.717, 1.165) is 27.1 Å². The summed E-state index contributed by atoms with van der Waals surface area (Å²) in [6.45, 7) is 7.56. The summed E-state index contributed by atoms with van der Waals surface area (Å²) in [5.41, 5.74) is 1.97. The van der Waals surface area contributed by atoms with Gasteiger partial charge in [0.15, 0.2) is 11.6 Å². The van der Waals surface area contributed by atoms with Gasteiger partial charge >= 0.3 is 0 Å². The van der Waals surface area contributed by atoms with Gasteiger partial charge in [0.1, 0.15) is 22.8 Å². The number of carbonyl (C=O) groups excluding carboxylic acids is 2. The van der Waals surface area contributed by atoms with Crippen LogP contribution < -0.4 is 9.47 Å². The number of ether oxygens (including phenoxy) is 2. The van der Waals surface area contributed by atoms with Gasteiger partial charge in [-0.15, -0.1) is 23.5 Å². The predicted octanol–water partition coefficient (Wildman–Crippen LogP) is 6.46. The zero-order chi connectivity index (χ0) is 24.4. The van der Waals surface area contributed by atoms with Crippen molar-refractivity contribution in [2.75, 3.05) is 25.2 Å². The van der Waals surface area contributed by atoms with E-state index < -0.39 is 0 Å². The molecule has 0 radical (unpaired) electrons. The highest BCUT2D eigenvalue weighted by Gasteiger charge is 2.22. The van der Waals surface area contributed by atoms with Crippen molar-refractivity contribution in [3.8, 4) is 17.2 Å². The van der Waals surface area contributed by atoms with Gasteiger partial charge in [-0.2, -0.15) is 0 Å². The molecular formula is C26H30O5S2. The molecule has 0 unspecified atom stereocenters. The van der Waals surface area contributed by atoms with Gasteiger partial charge in [-0.05, 0) is 66.8 Å². The lowest BCUT2D eigenvalue weighted by Crippen LogP contribution is -2.05. The highest BCUT2D eigenvalue weighted by atomic mass is 32.2. The molecule has 0 saturated heterocycles. The molecule has 2 aromatic carbocycles. The number of ketones is 2. The summed E-state index contributed by atoms with van der Waals surface area (Å²) in [4.78, 5) is 25.5. The maximum absolute atomic E-state index is 13.4. The van der Waals surface area contributed by atoms with E-state index in [-0.39, 0.29) is 28.6 Å². The number of methoxy groups -OCH3 is 1. The Balaban J connectivity index is 2.61. The van der Waals surface area contributed by atoms with Crippen LogP contribution >= 0.6 is 23.5 Å². The molecule has 176 valence electrons. The van der Waals surface area contributed by atoms with Gasteiger partial charge in [0.05, 0.1) is 18.0 Å². The molecule has 0 heterocycles. The third kappa shape index (κ3) is 7.17. The SMILES string of the molecule is CCOc1cc(C(C(=O)/C=C/c2ccc(OC)cc2)=C(SCC)SCC)cc(O)c1C(C)=O. The number of carbonyl (C=O) groups is 2. The number of rotatable bonds is 12. The third-order valence-corrected chi connectivity index (χ3v) is 6.78. The minimum atomic E-state index is -0.301. The van der Waals surface area contributed by atoms with Crippen LogP contribution in [0, 0.1) is 0 Å². The van der Waals surface area contributed by atoms with Crippen LogP contribution in [-0.4, -0.2) is 41.9 Å². The second-order valence-electron chi connectivity index (χ2n) is 6.86. The fourth-order valence-electron chi connectivity index (χ4n) is 3.15. The molecule has 2 rings (SSSR count). The predicted molar refractivity (Wildman–Crippen MR) is 139 cm³/mol. The van der Waals surface area contributed by atoms with Gasteiger partial charge in [-0.1, -0.05) is 32.1 Å². The highest BCUT2D eigenvalue weighted by molar-refractivity contribution is 8.22. The van der Waals surface area contributed by atoms with Crippen LogP contribution in [0.4, 0.5) is 0 Å². The van der Waals surface area contributed by atoms with E-state index in [0.29, 0.717) is 17.7 Å². The van der Waals surface area contributed by atoms with Crippen LogP contribution in [-0.2, 0) is 4.79 Å². The Morgan fingerprint density at radius 3 is 2.18 bits per heavy atom. The maximum atomic E-state index is 13.4. The first-order valence-electron chi connectivity index (χ1n) is 10.7. The van der Waals surface area contributed by atoms with Crippen molar-refractivity contribution in [2.45, 2.75) is 27.7 Å². The number of hydrogen-bond donors (Lipinski definition) is 1. The first kappa shape index (κ1) is 26.6. The Morgan fingerprint density at radius 2 is 1.67 bits per heavy atom. The lowest BCUT2D eigenvalue weighted by Gasteiger charge is -2.16. The molecule has 2 aromatic rings. The molecule has 5 nitrogen and oxygen atoms in total. The summed E-state index contributed by atoms with van der Waals surface area (Å²) in [6.07, 6.45) is 3.28. The van der Waals surface area contributed by atoms with Crippen molar-refractivity contribution in [1.82, 2.24) is 0 Å². The number of aromatic hydroxyl groups is 1. The van der Waals surface area contributed by atoms with E-state index in [4.69, 9.17) is 9.47 Å². The van der Waals surface area contributed by atoms with Crippen LogP contribution in [0.2, 0.25) is 0 Å². The van der Waals surface area contributed by atoms with Crippen molar-refractivity contribution in [2.24, 2.45) is 0 Å². The second kappa shape index (κ2) is 13.2. The summed E-state index contributed by atoms with van der Waals surface area (Å²) in [7, 11) is 1.60. The summed E-state index contributed by atoms with van der Waals surface area (Å²) in [5, 5.41) is 10.6. The summed E-state index contributed by atoms with van der Waals surface area (Å²) < 4.78 is 11.7. The highest BCUT2D eigenvalue weighted by Crippen LogP contribution is 2.40. The standard InChI is InChI=1S/C26H30O5S2/c1-6-31-23-16-19(15-22(29)24(23)17(4)27)25(26(32-7-2)33-8-3)21(28)14-11-18-9-12-20(30-5)13-10-18/h9-16,29H,6-8H2,1-5H3/b14-11+. The van der Waals surface area contributed by atoms with Gasteiger partial charge in [-0.3, -0.25) is 9.59 Å². The van der Waals surface area contributed by atoms with E-state index in [1.54, 1.807) is 49.7 Å². The average Bonchev–Trinajstić information content (AvgIpc) is 2.78. The van der Waals surface area contributed by atoms with Gasteiger partial charge < -0.3 is 14.6 Å². The molecule has 0 spiro atoms. The quantitative estimate of drug-likeness (QED) is 0.273. The average molecular weight is 487 g/mol. The molecule has 0 bridgehead atoms. The van der Waals surface area contributed by atoms with Crippen LogP contribution in [0.5, 0.6) is 17.2 Å². The van der Waals surface area contributed by atoms with Crippen molar-refractivity contribution >= 4 is 46.7 Å². The molecule has 0 atom stereocenters. The third-order valence-electron chi connectivity index (χ3n) is 4.57. The largest absolute Gasteiger partial charge is 0.507 e. The minimum absolute atomic E-state index is 0.119. The number of Topliss-reactive ketones (excluding diaryl/α,β-unsaturated/α-hetero) is 1. The molecule has 0 aliphatic heterocycles. The number of hydrogen-bond acceptors (Lipinski definition) is 7. The normalized spacial score (nSPS) is 10.8. The van der Waals surface area contributed by atoms with E-state index in [9.17, 15) is 14.7 Å². The van der Waals surface area contributed by atoms with E-state index >= 15 is 0 Å². The molecule has 1 N–H and O–H groups in total. The minimum Gasteiger partial charge on any atom is -0.507 e. The molecule has 33 heavy (non-hydrogen) atoms. The van der Waals surface area contributed by atoms with E-state index in [2.05, 4.69) is 0 Å². The van der Waals surface area contributed by atoms with Gasteiger partial charge in [0.2, 0.25) is 0 Å². The first-order chi connectivity index (χ1) is 15.9. The van der Waals surface area contributed by atoms with E-state index in [1.807, 2.05) is 38.1 Å². The number of benzene rings is 2. The molecule has 0 saturated carbocycles. The Hall–Kier alpha value is -2.64. The Labute approximate surface area is 204 Å². The Kier molecular flexibility index (Phi) is 10.6. The fourth-order valence-corrected chi connectivity index (χ4v) is 5.44.